The third-order valence-corrected chi connectivity index (χ3v) is 4.18. The zero-order valence-corrected chi connectivity index (χ0v) is 16.6. The number of rotatable bonds is 8. The van der Waals surface area contributed by atoms with E-state index in [4.69, 9.17) is 14.2 Å². The van der Waals surface area contributed by atoms with Crippen LogP contribution < -0.4 is 19.6 Å². The molecule has 1 N–H and O–H groups in total. The first-order valence-corrected chi connectivity index (χ1v) is 9.12. The van der Waals surface area contributed by atoms with Crippen molar-refractivity contribution in [2.75, 3.05) is 14.2 Å². The maximum Gasteiger partial charge on any atom is 0.271 e. The first-order chi connectivity index (χ1) is 14.6. The Morgan fingerprint density at radius 2 is 1.80 bits per heavy atom. The van der Waals surface area contributed by atoms with Gasteiger partial charge in [0.25, 0.3) is 5.91 Å². The second kappa shape index (κ2) is 10.1. The van der Waals surface area contributed by atoms with Crippen molar-refractivity contribution in [1.82, 2.24) is 5.43 Å². The molecular formula is C23H21FN2O4. The molecule has 154 valence electrons. The van der Waals surface area contributed by atoms with E-state index in [9.17, 15) is 9.18 Å². The summed E-state index contributed by atoms with van der Waals surface area (Å²) in [5, 5.41) is 3.99. The summed E-state index contributed by atoms with van der Waals surface area (Å²) < 4.78 is 29.3. The Kier molecular flexibility index (Phi) is 7.00. The highest BCUT2D eigenvalue weighted by Crippen LogP contribution is 2.27. The Balaban J connectivity index is 1.59. The number of hydrazone groups is 1. The fraction of sp³-hybridized carbons (Fsp3) is 0.130. The Morgan fingerprint density at radius 1 is 1.00 bits per heavy atom. The zero-order valence-electron chi connectivity index (χ0n) is 16.6. The van der Waals surface area contributed by atoms with E-state index in [1.54, 1.807) is 48.5 Å². The summed E-state index contributed by atoms with van der Waals surface area (Å²) in [7, 11) is 3.03. The molecular weight excluding hydrogens is 387 g/mol. The Morgan fingerprint density at radius 3 is 2.57 bits per heavy atom. The van der Waals surface area contributed by atoms with E-state index in [0.29, 0.717) is 22.8 Å². The molecule has 3 rings (SSSR count). The van der Waals surface area contributed by atoms with Crippen LogP contribution in [0.4, 0.5) is 4.39 Å². The van der Waals surface area contributed by atoms with Crippen molar-refractivity contribution in [2.24, 2.45) is 5.10 Å². The fourth-order valence-corrected chi connectivity index (χ4v) is 2.69. The van der Waals surface area contributed by atoms with Crippen LogP contribution in [0.5, 0.6) is 17.2 Å². The van der Waals surface area contributed by atoms with Gasteiger partial charge in [-0.2, -0.15) is 5.10 Å². The Labute approximate surface area is 173 Å². The van der Waals surface area contributed by atoms with Crippen LogP contribution >= 0.6 is 0 Å². The Bertz CT molecular complexity index is 1050. The van der Waals surface area contributed by atoms with Crippen molar-refractivity contribution in [2.45, 2.75) is 6.61 Å². The van der Waals surface area contributed by atoms with Crippen LogP contribution in [-0.2, 0) is 6.61 Å². The van der Waals surface area contributed by atoms with Gasteiger partial charge in [0.05, 0.1) is 20.4 Å². The molecule has 0 atom stereocenters. The van der Waals surface area contributed by atoms with Crippen LogP contribution in [0.1, 0.15) is 21.5 Å². The van der Waals surface area contributed by atoms with Crippen LogP contribution in [0, 0.1) is 5.82 Å². The van der Waals surface area contributed by atoms with Gasteiger partial charge in [0.1, 0.15) is 18.2 Å². The number of methoxy groups -OCH3 is 2. The normalized spacial score (nSPS) is 10.6. The van der Waals surface area contributed by atoms with Crippen molar-refractivity contribution in [3.63, 3.8) is 0 Å². The predicted octanol–water partition coefficient (Wildman–Crippen LogP) is 4.19. The molecule has 0 fully saturated rings. The number of nitrogens with one attached hydrogen (secondary N) is 1. The van der Waals surface area contributed by atoms with Gasteiger partial charge in [-0.15, -0.1) is 0 Å². The van der Waals surface area contributed by atoms with Crippen LogP contribution in [0.3, 0.4) is 0 Å². The third-order valence-electron chi connectivity index (χ3n) is 4.18. The number of nitrogens with zero attached hydrogens (tertiary/aromatic N) is 1. The van der Waals surface area contributed by atoms with E-state index in [2.05, 4.69) is 10.5 Å². The molecule has 3 aromatic carbocycles. The van der Waals surface area contributed by atoms with E-state index in [1.807, 2.05) is 6.07 Å². The molecule has 0 unspecified atom stereocenters. The minimum absolute atomic E-state index is 0.244. The van der Waals surface area contributed by atoms with Gasteiger partial charge in [-0.3, -0.25) is 4.79 Å². The molecule has 7 heteroatoms. The van der Waals surface area contributed by atoms with Crippen LogP contribution in [0.25, 0.3) is 0 Å². The molecule has 0 aliphatic heterocycles. The van der Waals surface area contributed by atoms with Gasteiger partial charge in [0, 0.05) is 5.56 Å². The number of benzene rings is 3. The first kappa shape index (κ1) is 20.9. The lowest BCUT2D eigenvalue weighted by atomic mass is 10.2. The lowest BCUT2D eigenvalue weighted by Gasteiger charge is -2.08. The first-order valence-electron chi connectivity index (χ1n) is 9.12. The Hall–Kier alpha value is -3.87. The average molecular weight is 408 g/mol. The van der Waals surface area contributed by atoms with Gasteiger partial charge < -0.3 is 14.2 Å². The van der Waals surface area contributed by atoms with Crippen molar-refractivity contribution >= 4 is 12.1 Å². The standard InChI is InChI=1S/C23H21FN2O4/c1-28-21-10-9-18(13-22(21)29-2)23(27)26-25-14-16-5-4-8-20(12-16)30-15-17-6-3-7-19(24)11-17/h3-14H,15H2,1-2H3,(H,26,27)/b25-14+. The second-order valence-electron chi connectivity index (χ2n) is 6.26. The summed E-state index contributed by atoms with van der Waals surface area (Å²) in [6, 6.07) is 18.3. The second-order valence-corrected chi connectivity index (χ2v) is 6.26. The maximum absolute atomic E-state index is 13.2. The minimum Gasteiger partial charge on any atom is -0.493 e. The molecule has 0 bridgehead atoms. The predicted molar refractivity (Wildman–Crippen MR) is 112 cm³/mol. The third kappa shape index (κ3) is 5.57. The van der Waals surface area contributed by atoms with E-state index in [0.717, 1.165) is 11.1 Å². The smallest absolute Gasteiger partial charge is 0.271 e. The minimum atomic E-state index is -0.384. The molecule has 0 heterocycles. The summed E-state index contributed by atoms with van der Waals surface area (Å²) in [6.07, 6.45) is 1.51. The van der Waals surface area contributed by atoms with Crippen LogP contribution in [0.2, 0.25) is 0 Å². The van der Waals surface area contributed by atoms with E-state index in [-0.39, 0.29) is 18.3 Å². The molecule has 0 aliphatic rings. The zero-order chi connectivity index (χ0) is 21.3. The molecule has 0 saturated heterocycles. The van der Waals surface area contributed by atoms with Gasteiger partial charge in [0.15, 0.2) is 11.5 Å². The highest BCUT2D eigenvalue weighted by atomic mass is 19.1. The molecule has 30 heavy (non-hydrogen) atoms. The molecule has 6 nitrogen and oxygen atoms in total. The van der Waals surface area contributed by atoms with Crippen LogP contribution in [0.15, 0.2) is 71.8 Å². The van der Waals surface area contributed by atoms with Crippen molar-refractivity contribution in [3.8, 4) is 17.2 Å². The molecule has 3 aromatic rings. The summed E-state index contributed by atoms with van der Waals surface area (Å²) in [6.45, 7) is 0.244. The van der Waals surface area contributed by atoms with E-state index in [1.165, 1.54) is 32.6 Å². The van der Waals surface area contributed by atoms with Gasteiger partial charge >= 0.3 is 0 Å². The van der Waals surface area contributed by atoms with Crippen molar-refractivity contribution in [1.29, 1.82) is 0 Å². The van der Waals surface area contributed by atoms with Crippen LogP contribution in [-0.4, -0.2) is 26.3 Å². The molecule has 0 spiro atoms. The number of hydrogen-bond donors (Lipinski definition) is 1. The van der Waals surface area contributed by atoms with Crippen molar-refractivity contribution in [3.05, 3.63) is 89.2 Å². The highest BCUT2D eigenvalue weighted by molar-refractivity contribution is 5.95. The van der Waals surface area contributed by atoms with Gasteiger partial charge in [-0.05, 0) is 53.6 Å². The van der Waals surface area contributed by atoms with Gasteiger partial charge in [0.2, 0.25) is 0 Å². The maximum atomic E-state index is 13.2. The summed E-state index contributed by atoms with van der Waals surface area (Å²) in [4.78, 5) is 12.3. The molecule has 0 radical (unpaired) electrons. The van der Waals surface area contributed by atoms with Gasteiger partial charge in [-0.1, -0.05) is 24.3 Å². The van der Waals surface area contributed by atoms with Crippen molar-refractivity contribution < 1.29 is 23.4 Å². The molecule has 1 amide bonds. The topological polar surface area (TPSA) is 69.2 Å². The largest absolute Gasteiger partial charge is 0.493 e. The fourth-order valence-electron chi connectivity index (χ4n) is 2.69. The number of amides is 1. The highest BCUT2D eigenvalue weighted by Gasteiger charge is 2.10. The van der Waals surface area contributed by atoms with E-state index < -0.39 is 0 Å². The number of ether oxygens (including phenoxy) is 3. The number of carbonyl (C=O) groups is 1. The quantitative estimate of drug-likeness (QED) is 0.448. The molecule has 0 saturated carbocycles. The number of halogens is 1. The van der Waals surface area contributed by atoms with E-state index >= 15 is 0 Å². The number of carbonyl (C=O) groups excluding carboxylic acids is 1. The van der Waals surface area contributed by atoms with Gasteiger partial charge in [-0.25, -0.2) is 9.82 Å². The molecule has 0 aromatic heterocycles. The lowest BCUT2D eigenvalue weighted by Crippen LogP contribution is -2.17. The summed E-state index contributed by atoms with van der Waals surface area (Å²) >= 11 is 0. The summed E-state index contributed by atoms with van der Waals surface area (Å²) in [5.41, 5.74) is 4.33. The molecule has 0 aliphatic carbocycles. The summed E-state index contributed by atoms with van der Waals surface area (Å²) in [5.74, 6) is 0.909. The SMILES string of the molecule is COc1ccc(C(=O)N/N=C/c2cccc(OCc3cccc(F)c3)c2)cc1OC. The monoisotopic (exact) mass is 408 g/mol. The lowest BCUT2D eigenvalue weighted by molar-refractivity contribution is 0.0954. The number of hydrogen-bond acceptors (Lipinski definition) is 5. The average Bonchev–Trinajstić information content (AvgIpc) is 2.77.